The van der Waals surface area contributed by atoms with Crippen molar-refractivity contribution in [2.75, 3.05) is 6.54 Å². The number of likely N-dealkylation sites (tertiary alicyclic amines) is 1. The second-order valence-electron chi connectivity index (χ2n) is 5.85. The van der Waals surface area contributed by atoms with E-state index in [4.69, 9.17) is 23.2 Å². The van der Waals surface area contributed by atoms with Crippen molar-refractivity contribution >= 4 is 29.0 Å². The van der Waals surface area contributed by atoms with Gasteiger partial charge >= 0.3 is 0 Å². The molecule has 1 aliphatic heterocycles. The maximum absolute atomic E-state index is 12.0. The summed E-state index contributed by atoms with van der Waals surface area (Å²) >= 11 is 12.5. The van der Waals surface area contributed by atoms with Crippen molar-refractivity contribution in [3.05, 3.63) is 33.8 Å². The average molecular weight is 312 g/mol. The molecule has 1 saturated carbocycles. The molecule has 1 aromatic rings. The summed E-state index contributed by atoms with van der Waals surface area (Å²) in [5.41, 5.74) is 0.994. The van der Waals surface area contributed by atoms with E-state index in [1.807, 2.05) is 18.2 Å². The molecule has 0 radical (unpaired) electrons. The van der Waals surface area contributed by atoms with E-state index >= 15 is 0 Å². The molecule has 0 spiro atoms. The van der Waals surface area contributed by atoms with Crippen LogP contribution in [-0.4, -0.2) is 23.3 Å². The van der Waals surface area contributed by atoms with Gasteiger partial charge in [0, 0.05) is 40.5 Å². The van der Waals surface area contributed by atoms with Crippen molar-refractivity contribution in [1.82, 2.24) is 4.90 Å². The summed E-state index contributed by atoms with van der Waals surface area (Å²) in [6, 6.07) is 6.02. The molecule has 0 amide bonds. The Morgan fingerprint density at radius 2 is 1.90 bits per heavy atom. The zero-order chi connectivity index (χ0) is 14.1. The zero-order valence-electron chi connectivity index (χ0n) is 11.4. The molecule has 20 heavy (non-hydrogen) atoms. The third-order valence-corrected chi connectivity index (χ3v) is 5.36. The van der Waals surface area contributed by atoms with Crippen LogP contribution in [0.25, 0.3) is 0 Å². The summed E-state index contributed by atoms with van der Waals surface area (Å²) in [5, 5.41) is 1.45. The van der Waals surface area contributed by atoms with E-state index < -0.39 is 0 Å². The highest BCUT2D eigenvalue weighted by Crippen LogP contribution is 2.35. The van der Waals surface area contributed by atoms with Crippen LogP contribution in [0.3, 0.4) is 0 Å². The Morgan fingerprint density at radius 1 is 1.15 bits per heavy atom. The first-order chi connectivity index (χ1) is 9.66. The van der Waals surface area contributed by atoms with Gasteiger partial charge in [0.05, 0.1) is 0 Å². The van der Waals surface area contributed by atoms with E-state index in [-0.39, 0.29) is 5.92 Å². The number of rotatable bonds is 3. The van der Waals surface area contributed by atoms with Gasteiger partial charge in [0.1, 0.15) is 5.78 Å². The summed E-state index contributed by atoms with van der Waals surface area (Å²) in [6.07, 6.45) is 5.16. The topological polar surface area (TPSA) is 20.3 Å². The van der Waals surface area contributed by atoms with E-state index in [0.29, 0.717) is 11.8 Å². The molecule has 2 atom stereocenters. The predicted molar refractivity (Wildman–Crippen MR) is 82.2 cm³/mol. The van der Waals surface area contributed by atoms with E-state index in [2.05, 4.69) is 4.90 Å². The number of hydrogen-bond donors (Lipinski definition) is 0. The number of ketones is 1. The molecule has 4 heteroatoms. The van der Waals surface area contributed by atoms with Gasteiger partial charge in [0.2, 0.25) is 0 Å². The molecular weight excluding hydrogens is 293 g/mol. The molecule has 2 aliphatic rings. The van der Waals surface area contributed by atoms with Gasteiger partial charge in [-0.2, -0.15) is 0 Å². The first-order valence-electron chi connectivity index (χ1n) is 7.36. The van der Waals surface area contributed by atoms with Crippen LogP contribution in [0.4, 0.5) is 0 Å². The lowest BCUT2D eigenvalue weighted by atomic mass is 9.95. The minimum absolute atomic E-state index is 0.235. The molecule has 2 unspecified atom stereocenters. The number of benzene rings is 1. The smallest absolute Gasteiger partial charge is 0.137 e. The minimum atomic E-state index is 0.235. The Kier molecular flexibility index (Phi) is 4.34. The number of hydrogen-bond acceptors (Lipinski definition) is 2. The highest BCUT2D eigenvalue weighted by Gasteiger charge is 2.38. The number of halogens is 2. The molecule has 1 heterocycles. The van der Waals surface area contributed by atoms with Crippen molar-refractivity contribution in [3.63, 3.8) is 0 Å². The minimum Gasteiger partial charge on any atom is -0.299 e. The number of carbonyl (C=O) groups excluding carboxylic acids is 1. The molecule has 1 aliphatic carbocycles. The van der Waals surface area contributed by atoms with Gasteiger partial charge in [0.25, 0.3) is 0 Å². The third kappa shape index (κ3) is 2.74. The monoisotopic (exact) mass is 311 g/mol. The van der Waals surface area contributed by atoms with Crippen LogP contribution in [0.1, 0.15) is 37.7 Å². The first kappa shape index (κ1) is 14.4. The Labute approximate surface area is 130 Å². The molecule has 3 rings (SSSR count). The van der Waals surface area contributed by atoms with Crippen LogP contribution in [0, 0.1) is 5.92 Å². The summed E-state index contributed by atoms with van der Waals surface area (Å²) in [7, 11) is 0. The van der Waals surface area contributed by atoms with Gasteiger partial charge in [-0.1, -0.05) is 29.3 Å². The van der Waals surface area contributed by atoms with Crippen LogP contribution in [0.15, 0.2) is 18.2 Å². The molecule has 0 aromatic heterocycles. The predicted octanol–water partition coefficient (Wildman–Crippen LogP) is 4.33. The van der Waals surface area contributed by atoms with Crippen LogP contribution >= 0.6 is 23.2 Å². The van der Waals surface area contributed by atoms with Gasteiger partial charge in [-0.25, -0.2) is 0 Å². The summed E-state index contributed by atoms with van der Waals surface area (Å²) in [4.78, 5) is 14.4. The first-order valence-corrected chi connectivity index (χ1v) is 8.12. The largest absolute Gasteiger partial charge is 0.299 e. The Bertz CT molecular complexity index is 497. The highest BCUT2D eigenvalue weighted by molar-refractivity contribution is 6.35. The summed E-state index contributed by atoms with van der Waals surface area (Å²) in [5.74, 6) is 0.686. The van der Waals surface area contributed by atoms with Crippen molar-refractivity contribution in [2.24, 2.45) is 5.92 Å². The van der Waals surface area contributed by atoms with E-state index in [1.54, 1.807) is 0 Å². The van der Waals surface area contributed by atoms with Crippen LogP contribution < -0.4 is 0 Å². The molecule has 2 nitrogen and oxygen atoms in total. The maximum atomic E-state index is 12.0. The van der Waals surface area contributed by atoms with E-state index in [9.17, 15) is 4.79 Å². The lowest BCUT2D eigenvalue weighted by Crippen LogP contribution is -2.37. The van der Waals surface area contributed by atoms with Crippen molar-refractivity contribution in [1.29, 1.82) is 0 Å². The fourth-order valence-electron chi connectivity index (χ4n) is 3.64. The molecule has 2 fully saturated rings. The number of nitrogens with zero attached hydrogens (tertiary/aromatic N) is 1. The van der Waals surface area contributed by atoms with Gasteiger partial charge in [0.15, 0.2) is 0 Å². The van der Waals surface area contributed by atoms with Gasteiger partial charge < -0.3 is 0 Å². The lowest BCUT2D eigenvalue weighted by Gasteiger charge is -2.29. The fraction of sp³-hybridized carbons (Fsp3) is 0.562. The highest BCUT2D eigenvalue weighted by atomic mass is 35.5. The molecular formula is C16H19Cl2NO. The molecule has 1 aromatic carbocycles. The van der Waals surface area contributed by atoms with E-state index in [1.165, 1.54) is 0 Å². The van der Waals surface area contributed by atoms with Crippen molar-refractivity contribution in [2.45, 2.75) is 44.7 Å². The second kappa shape index (κ2) is 6.05. The quantitative estimate of drug-likeness (QED) is 0.828. The van der Waals surface area contributed by atoms with Gasteiger partial charge in [-0.3, -0.25) is 9.69 Å². The Hall–Kier alpha value is -0.570. The normalized spacial score (nSPS) is 27.4. The standard InChI is InChI=1S/C16H19Cl2NO/c17-13-5-2-6-14(18)12(13)10-19-9-3-7-15(19)11-4-1-8-16(11)20/h2,5-6,11,15H,1,3-4,7-10H2. The molecule has 1 saturated heterocycles. The van der Waals surface area contributed by atoms with Crippen molar-refractivity contribution in [3.8, 4) is 0 Å². The van der Waals surface area contributed by atoms with Crippen LogP contribution in [0.2, 0.25) is 10.0 Å². The fourth-order valence-corrected chi connectivity index (χ4v) is 4.16. The SMILES string of the molecule is O=C1CCCC1C1CCCN1Cc1c(Cl)cccc1Cl. The van der Waals surface area contributed by atoms with E-state index in [0.717, 1.165) is 60.8 Å². The third-order valence-electron chi connectivity index (χ3n) is 4.65. The van der Waals surface area contributed by atoms with Crippen LogP contribution in [-0.2, 0) is 11.3 Å². The molecule has 108 valence electrons. The second-order valence-corrected chi connectivity index (χ2v) is 6.66. The molecule has 0 N–H and O–H groups in total. The Morgan fingerprint density at radius 3 is 2.55 bits per heavy atom. The van der Waals surface area contributed by atoms with Crippen LogP contribution in [0.5, 0.6) is 0 Å². The zero-order valence-corrected chi connectivity index (χ0v) is 13.0. The number of Topliss-reactive ketones (excluding diaryl/α,β-unsaturated/α-hetero) is 1. The van der Waals surface area contributed by atoms with Crippen molar-refractivity contribution < 1.29 is 4.79 Å². The van der Waals surface area contributed by atoms with Gasteiger partial charge in [-0.05, 0) is 44.4 Å². The summed E-state index contributed by atoms with van der Waals surface area (Å²) in [6.45, 7) is 1.79. The lowest BCUT2D eigenvalue weighted by molar-refractivity contribution is -0.122. The summed E-state index contributed by atoms with van der Waals surface area (Å²) < 4.78 is 0. The Balaban J connectivity index is 1.77. The molecule has 0 bridgehead atoms. The van der Waals surface area contributed by atoms with Gasteiger partial charge in [-0.15, -0.1) is 0 Å². The maximum Gasteiger partial charge on any atom is 0.137 e. The average Bonchev–Trinajstić information content (AvgIpc) is 3.02. The number of carbonyl (C=O) groups is 1.